The van der Waals surface area contributed by atoms with Gasteiger partial charge in [0.15, 0.2) is 0 Å². The Kier molecular flexibility index (Phi) is 2.67. The van der Waals surface area contributed by atoms with Gasteiger partial charge in [0.25, 0.3) is 5.91 Å². The van der Waals surface area contributed by atoms with Crippen molar-refractivity contribution < 1.29 is 9.53 Å². The van der Waals surface area contributed by atoms with E-state index in [4.69, 9.17) is 4.74 Å². The number of likely N-dealkylation sites (N-methyl/N-ethyl adjacent to an activating group) is 1. The minimum Gasteiger partial charge on any atom is -0.357 e. The van der Waals surface area contributed by atoms with Crippen molar-refractivity contribution in [3.05, 3.63) is 0 Å². The predicted octanol–water partition coefficient (Wildman–Crippen LogP) is 0.910. The number of nitrogens with zero attached hydrogens (tertiary/aromatic N) is 1. The maximum atomic E-state index is 12.2. The van der Waals surface area contributed by atoms with Crippen LogP contribution in [0.3, 0.4) is 0 Å². The summed E-state index contributed by atoms with van der Waals surface area (Å²) in [5, 5.41) is 3.43. The van der Waals surface area contributed by atoms with Crippen molar-refractivity contribution in [1.29, 1.82) is 0 Å². The highest BCUT2D eigenvalue weighted by Gasteiger charge is 2.60. The molecule has 3 rings (SSSR count). The third-order valence-electron chi connectivity index (χ3n) is 4.40. The Morgan fingerprint density at radius 1 is 1.29 bits per heavy atom. The smallest absolute Gasteiger partial charge is 0.254 e. The summed E-state index contributed by atoms with van der Waals surface area (Å²) in [4.78, 5) is 14.3. The number of hydrogen-bond acceptors (Lipinski definition) is 3. The second-order valence-electron chi connectivity index (χ2n) is 5.70. The van der Waals surface area contributed by atoms with Crippen LogP contribution in [0.2, 0.25) is 0 Å². The van der Waals surface area contributed by atoms with Crippen LogP contribution in [-0.4, -0.2) is 48.2 Å². The number of ether oxygens (including phenoxy) is 1. The van der Waals surface area contributed by atoms with E-state index in [1.807, 2.05) is 4.90 Å². The fraction of sp³-hybridized carbons (Fsp3) is 0.923. The van der Waals surface area contributed by atoms with Crippen molar-refractivity contribution in [3.63, 3.8) is 0 Å². The first-order valence-electron chi connectivity index (χ1n) is 6.90. The van der Waals surface area contributed by atoms with Crippen LogP contribution in [0.15, 0.2) is 0 Å². The van der Waals surface area contributed by atoms with Crippen LogP contribution >= 0.6 is 0 Å². The molecule has 4 heteroatoms. The molecule has 1 amide bonds. The van der Waals surface area contributed by atoms with Gasteiger partial charge in [-0.05, 0) is 52.1 Å². The normalized spacial score (nSPS) is 36.3. The first-order chi connectivity index (χ1) is 8.20. The van der Waals surface area contributed by atoms with Gasteiger partial charge >= 0.3 is 0 Å². The van der Waals surface area contributed by atoms with E-state index in [0.29, 0.717) is 0 Å². The molecule has 2 aliphatic heterocycles. The zero-order chi connectivity index (χ0) is 11.9. The summed E-state index contributed by atoms with van der Waals surface area (Å²) in [7, 11) is 0. The van der Waals surface area contributed by atoms with Gasteiger partial charge in [-0.3, -0.25) is 4.79 Å². The number of carbonyl (C=O) groups is 1. The lowest BCUT2D eigenvalue weighted by Gasteiger charge is -2.46. The Hall–Kier alpha value is -0.610. The lowest BCUT2D eigenvalue weighted by atomic mass is 9.91. The van der Waals surface area contributed by atoms with Crippen LogP contribution in [0.1, 0.15) is 39.0 Å². The van der Waals surface area contributed by atoms with Crippen molar-refractivity contribution in [2.24, 2.45) is 0 Å². The van der Waals surface area contributed by atoms with Crippen LogP contribution in [0.4, 0.5) is 0 Å². The molecule has 0 bridgehead atoms. The van der Waals surface area contributed by atoms with Crippen molar-refractivity contribution in [2.75, 3.05) is 26.2 Å². The maximum Gasteiger partial charge on any atom is 0.254 e. The van der Waals surface area contributed by atoms with E-state index in [9.17, 15) is 4.79 Å². The molecular weight excluding hydrogens is 216 g/mol. The van der Waals surface area contributed by atoms with Gasteiger partial charge in [-0.2, -0.15) is 0 Å². The van der Waals surface area contributed by atoms with Gasteiger partial charge in [0, 0.05) is 13.1 Å². The van der Waals surface area contributed by atoms with Crippen LogP contribution < -0.4 is 5.32 Å². The largest absolute Gasteiger partial charge is 0.357 e. The number of hydrogen-bond donors (Lipinski definition) is 1. The molecule has 96 valence electrons. The summed E-state index contributed by atoms with van der Waals surface area (Å²) in [5.41, 5.74) is -0.484. The van der Waals surface area contributed by atoms with Crippen LogP contribution in [0.25, 0.3) is 0 Å². The average Bonchev–Trinajstić information content (AvgIpc) is 3.11. The van der Waals surface area contributed by atoms with E-state index in [1.54, 1.807) is 0 Å². The highest BCUT2D eigenvalue weighted by molar-refractivity contribution is 5.89. The molecule has 0 aromatic carbocycles. The number of nitrogens with one attached hydrogen (secondary N) is 1. The van der Waals surface area contributed by atoms with Gasteiger partial charge in [-0.1, -0.05) is 0 Å². The topological polar surface area (TPSA) is 41.6 Å². The van der Waals surface area contributed by atoms with Crippen molar-refractivity contribution in [1.82, 2.24) is 10.2 Å². The lowest BCUT2D eigenvalue weighted by molar-refractivity contribution is -0.192. The summed E-state index contributed by atoms with van der Waals surface area (Å²) in [6, 6.07) is 0. The van der Waals surface area contributed by atoms with E-state index < -0.39 is 5.60 Å². The molecule has 4 nitrogen and oxygen atoms in total. The molecule has 3 fully saturated rings. The van der Waals surface area contributed by atoms with E-state index >= 15 is 0 Å². The van der Waals surface area contributed by atoms with Gasteiger partial charge in [0.1, 0.15) is 5.60 Å². The van der Waals surface area contributed by atoms with E-state index in [1.165, 1.54) is 0 Å². The second kappa shape index (κ2) is 3.95. The Labute approximate surface area is 103 Å². The zero-order valence-corrected chi connectivity index (χ0v) is 10.6. The maximum absolute atomic E-state index is 12.2. The quantitative estimate of drug-likeness (QED) is 0.738. The highest BCUT2D eigenvalue weighted by atomic mass is 16.5. The molecule has 0 aromatic heterocycles. The molecule has 1 saturated carbocycles. The molecular formula is C13H22N2O2. The van der Waals surface area contributed by atoms with Crippen molar-refractivity contribution in [2.45, 2.75) is 50.2 Å². The Balaban J connectivity index is 1.83. The van der Waals surface area contributed by atoms with E-state index in [2.05, 4.69) is 12.2 Å². The molecule has 2 spiro atoms. The molecule has 1 aliphatic carbocycles. The monoisotopic (exact) mass is 238 g/mol. The number of rotatable bonds is 1. The van der Waals surface area contributed by atoms with Crippen LogP contribution in [0, 0.1) is 0 Å². The minimum absolute atomic E-state index is 0.0656. The second-order valence-corrected chi connectivity index (χ2v) is 5.70. The SMILES string of the molecule is CCN1CC2(CCCNCC2)OC2(CC2)C1=O. The lowest BCUT2D eigenvalue weighted by Crippen LogP contribution is -2.60. The van der Waals surface area contributed by atoms with Gasteiger partial charge in [0.2, 0.25) is 0 Å². The Morgan fingerprint density at radius 2 is 2.12 bits per heavy atom. The molecule has 0 aromatic rings. The Bertz CT molecular complexity index is 317. The third kappa shape index (κ3) is 1.87. The average molecular weight is 238 g/mol. The van der Waals surface area contributed by atoms with E-state index in [0.717, 1.165) is 58.3 Å². The third-order valence-corrected chi connectivity index (χ3v) is 4.40. The number of morpholine rings is 1. The molecule has 1 unspecified atom stereocenters. The summed E-state index contributed by atoms with van der Waals surface area (Å²) in [6.45, 7) is 5.78. The van der Waals surface area contributed by atoms with Crippen LogP contribution in [0.5, 0.6) is 0 Å². The fourth-order valence-electron chi connectivity index (χ4n) is 3.24. The zero-order valence-electron chi connectivity index (χ0n) is 10.6. The highest BCUT2D eigenvalue weighted by Crippen LogP contribution is 2.49. The molecule has 1 N–H and O–H groups in total. The summed E-state index contributed by atoms with van der Waals surface area (Å²) in [5.74, 6) is 0.239. The van der Waals surface area contributed by atoms with Crippen molar-refractivity contribution >= 4 is 5.91 Å². The van der Waals surface area contributed by atoms with Gasteiger partial charge in [-0.15, -0.1) is 0 Å². The summed E-state index contributed by atoms with van der Waals surface area (Å²) >= 11 is 0. The number of amides is 1. The molecule has 2 heterocycles. The van der Waals surface area contributed by atoms with Crippen LogP contribution in [-0.2, 0) is 9.53 Å². The molecule has 2 saturated heterocycles. The standard InChI is InChI=1S/C13H22N2O2/c1-2-15-10-12(4-3-8-14-9-7-12)17-13(5-6-13)11(15)16/h14H,2-10H2,1H3. The van der Waals surface area contributed by atoms with Crippen molar-refractivity contribution in [3.8, 4) is 0 Å². The fourth-order valence-corrected chi connectivity index (χ4v) is 3.24. The molecule has 1 atom stereocenters. The first-order valence-corrected chi connectivity index (χ1v) is 6.90. The Morgan fingerprint density at radius 3 is 2.82 bits per heavy atom. The van der Waals surface area contributed by atoms with E-state index in [-0.39, 0.29) is 11.5 Å². The molecule has 17 heavy (non-hydrogen) atoms. The summed E-state index contributed by atoms with van der Waals surface area (Å²) < 4.78 is 6.31. The predicted molar refractivity (Wildman–Crippen MR) is 64.8 cm³/mol. The van der Waals surface area contributed by atoms with Gasteiger partial charge in [0.05, 0.1) is 5.60 Å². The minimum atomic E-state index is -0.418. The van der Waals surface area contributed by atoms with Gasteiger partial charge in [-0.25, -0.2) is 0 Å². The van der Waals surface area contributed by atoms with Gasteiger partial charge < -0.3 is 15.0 Å². The summed E-state index contributed by atoms with van der Waals surface area (Å²) in [6.07, 6.45) is 5.14. The molecule has 3 aliphatic rings. The first kappa shape index (κ1) is 11.5. The number of carbonyl (C=O) groups excluding carboxylic acids is 1. The molecule has 0 radical (unpaired) electrons.